The summed E-state index contributed by atoms with van der Waals surface area (Å²) in [6.07, 6.45) is 1.89. The van der Waals surface area contributed by atoms with Crippen LogP contribution in [0, 0.1) is 12.8 Å². The Balaban J connectivity index is 1.65. The number of amides is 1. The maximum Gasteiger partial charge on any atom is 0.338 e. The molecule has 0 aromatic heterocycles. The van der Waals surface area contributed by atoms with Crippen LogP contribution in [0.1, 0.15) is 34.3 Å². The van der Waals surface area contributed by atoms with Gasteiger partial charge in [0.1, 0.15) is 0 Å². The molecule has 0 radical (unpaired) electrons. The third-order valence-electron chi connectivity index (χ3n) is 5.12. The van der Waals surface area contributed by atoms with E-state index in [0.717, 1.165) is 38.0 Å². The second-order valence-corrected chi connectivity index (χ2v) is 7.02. The largest absolute Gasteiger partial charge is 0.465 e. The Morgan fingerprint density at radius 3 is 2.67 bits per heavy atom. The van der Waals surface area contributed by atoms with Gasteiger partial charge < -0.3 is 10.1 Å². The molecule has 27 heavy (non-hydrogen) atoms. The first-order valence-corrected chi connectivity index (χ1v) is 9.33. The van der Waals surface area contributed by atoms with Crippen molar-refractivity contribution in [3.8, 4) is 0 Å². The fraction of sp³-hybridized carbons (Fsp3) is 0.364. The van der Waals surface area contributed by atoms with Crippen LogP contribution in [0.5, 0.6) is 0 Å². The summed E-state index contributed by atoms with van der Waals surface area (Å²) in [6.45, 7) is 4.44. The van der Waals surface area contributed by atoms with Gasteiger partial charge in [-0.25, -0.2) is 4.79 Å². The molecule has 0 bridgehead atoms. The lowest BCUT2D eigenvalue weighted by atomic mass is 9.96. The number of methoxy groups -OCH3 is 1. The van der Waals surface area contributed by atoms with Crippen LogP contribution >= 0.6 is 0 Å². The molecule has 1 N–H and O–H groups in total. The predicted molar refractivity (Wildman–Crippen MR) is 106 cm³/mol. The van der Waals surface area contributed by atoms with Gasteiger partial charge in [0.15, 0.2) is 0 Å². The minimum absolute atomic E-state index is 0.0119. The van der Waals surface area contributed by atoms with Crippen LogP contribution in [0.4, 0.5) is 5.69 Å². The molecule has 1 aliphatic rings. The average Bonchev–Trinajstić information content (AvgIpc) is 2.70. The van der Waals surface area contributed by atoms with Crippen molar-refractivity contribution in [3.63, 3.8) is 0 Å². The van der Waals surface area contributed by atoms with Gasteiger partial charge in [0.25, 0.3) is 0 Å². The molecule has 1 saturated heterocycles. The minimum Gasteiger partial charge on any atom is -0.465 e. The molecule has 1 fully saturated rings. The number of esters is 1. The summed E-state index contributed by atoms with van der Waals surface area (Å²) in [5.41, 5.74) is 3.14. The topological polar surface area (TPSA) is 58.6 Å². The number of piperidine rings is 1. The first-order chi connectivity index (χ1) is 13.1. The molecule has 1 atom stereocenters. The van der Waals surface area contributed by atoms with Crippen molar-refractivity contribution in [2.45, 2.75) is 26.3 Å². The number of carbonyl (C=O) groups excluding carboxylic acids is 2. The zero-order valence-electron chi connectivity index (χ0n) is 15.9. The average molecular weight is 366 g/mol. The summed E-state index contributed by atoms with van der Waals surface area (Å²) in [5, 5.41) is 3.01. The van der Waals surface area contributed by atoms with Crippen LogP contribution < -0.4 is 5.32 Å². The van der Waals surface area contributed by atoms with Crippen molar-refractivity contribution in [1.29, 1.82) is 0 Å². The highest BCUT2D eigenvalue weighted by Gasteiger charge is 2.26. The van der Waals surface area contributed by atoms with E-state index < -0.39 is 5.97 Å². The van der Waals surface area contributed by atoms with Crippen LogP contribution in [0.2, 0.25) is 0 Å². The lowest BCUT2D eigenvalue weighted by Gasteiger charge is -2.32. The Bertz CT molecular complexity index is 804. The Morgan fingerprint density at radius 2 is 1.93 bits per heavy atom. The number of anilines is 1. The fourth-order valence-electron chi connectivity index (χ4n) is 3.59. The molecule has 1 unspecified atom stereocenters. The van der Waals surface area contributed by atoms with Gasteiger partial charge in [0.2, 0.25) is 5.91 Å². The highest BCUT2D eigenvalue weighted by atomic mass is 16.5. The van der Waals surface area contributed by atoms with Gasteiger partial charge in [-0.2, -0.15) is 0 Å². The van der Waals surface area contributed by atoms with Crippen molar-refractivity contribution in [2.75, 3.05) is 25.5 Å². The summed E-state index contributed by atoms with van der Waals surface area (Å²) in [4.78, 5) is 27.0. The standard InChI is InChI=1S/C22H26N2O3/c1-16-19(22(26)27-2)11-6-12-20(16)23-21(25)18-10-7-13-24(15-18)14-17-8-4-3-5-9-17/h3-6,8-9,11-12,18H,7,10,13-15H2,1-2H3,(H,23,25). The van der Waals surface area contributed by atoms with Crippen LogP contribution in [0.25, 0.3) is 0 Å². The number of hydrogen-bond acceptors (Lipinski definition) is 4. The van der Waals surface area contributed by atoms with Crippen molar-refractivity contribution in [3.05, 3.63) is 65.2 Å². The van der Waals surface area contributed by atoms with E-state index in [9.17, 15) is 9.59 Å². The van der Waals surface area contributed by atoms with Crippen LogP contribution in [-0.4, -0.2) is 37.0 Å². The number of nitrogens with one attached hydrogen (secondary N) is 1. The van der Waals surface area contributed by atoms with Crippen molar-refractivity contribution in [2.24, 2.45) is 5.92 Å². The van der Waals surface area contributed by atoms with Gasteiger partial charge in [0, 0.05) is 18.8 Å². The van der Waals surface area contributed by atoms with E-state index in [1.807, 2.05) is 31.2 Å². The molecule has 0 spiro atoms. The van der Waals surface area contributed by atoms with Gasteiger partial charge >= 0.3 is 5.97 Å². The van der Waals surface area contributed by atoms with Gasteiger partial charge in [-0.05, 0) is 49.6 Å². The van der Waals surface area contributed by atoms with Crippen LogP contribution in [0.3, 0.4) is 0 Å². The third kappa shape index (κ3) is 4.74. The Labute approximate surface area is 160 Å². The molecule has 5 heteroatoms. The van der Waals surface area contributed by atoms with Gasteiger partial charge in [-0.3, -0.25) is 9.69 Å². The summed E-state index contributed by atoms with van der Waals surface area (Å²) in [7, 11) is 1.36. The summed E-state index contributed by atoms with van der Waals surface area (Å²) in [6, 6.07) is 15.6. The van der Waals surface area contributed by atoms with Crippen molar-refractivity contribution >= 4 is 17.6 Å². The molecular weight excluding hydrogens is 340 g/mol. The SMILES string of the molecule is COC(=O)c1cccc(NC(=O)C2CCCN(Cc3ccccc3)C2)c1C. The van der Waals surface area contributed by atoms with Crippen LogP contribution in [0.15, 0.2) is 48.5 Å². The number of likely N-dealkylation sites (tertiary alicyclic amines) is 1. The van der Waals surface area contributed by atoms with Gasteiger partial charge in [-0.15, -0.1) is 0 Å². The number of benzene rings is 2. The first kappa shape index (κ1) is 19.1. The molecule has 142 valence electrons. The second-order valence-electron chi connectivity index (χ2n) is 7.02. The third-order valence-corrected chi connectivity index (χ3v) is 5.12. The lowest BCUT2D eigenvalue weighted by molar-refractivity contribution is -0.121. The lowest BCUT2D eigenvalue weighted by Crippen LogP contribution is -2.40. The molecule has 1 aliphatic heterocycles. The Morgan fingerprint density at radius 1 is 1.15 bits per heavy atom. The van der Waals surface area contributed by atoms with E-state index >= 15 is 0 Å². The maximum atomic E-state index is 12.8. The van der Waals surface area contributed by atoms with E-state index in [1.54, 1.807) is 12.1 Å². The molecule has 3 rings (SSSR count). The van der Waals surface area contributed by atoms with Crippen molar-refractivity contribution < 1.29 is 14.3 Å². The van der Waals surface area contributed by atoms with E-state index in [1.165, 1.54) is 12.7 Å². The fourth-order valence-corrected chi connectivity index (χ4v) is 3.59. The Hall–Kier alpha value is -2.66. The smallest absolute Gasteiger partial charge is 0.338 e. The number of carbonyl (C=O) groups is 2. The highest BCUT2D eigenvalue weighted by molar-refractivity contribution is 5.97. The zero-order chi connectivity index (χ0) is 19.2. The van der Waals surface area contributed by atoms with E-state index in [4.69, 9.17) is 4.74 Å². The molecular formula is C22H26N2O3. The molecule has 1 amide bonds. The highest BCUT2D eigenvalue weighted by Crippen LogP contribution is 2.23. The van der Waals surface area contributed by atoms with Gasteiger partial charge in [-0.1, -0.05) is 36.4 Å². The minimum atomic E-state index is -0.393. The number of rotatable bonds is 5. The summed E-state index contributed by atoms with van der Waals surface area (Å²) in [5.74, 6) is -0.433. The van der Waals surface area contributed by atoms with E-state index in [0.29, 0.717) is 11.3 Å². The monoisotopic (exact) mass is 366 g/mol. The van der Waals surface area contributed by atoms with E-state index in [2.05, 4.69) is 22.3 Å². The molecule has 2 aromatic carbocycles. The molecule has 5 nitrogen and oxygen atoms in total. The number of hydrogen-bond donors (Lipinski definition) is 1. The van der Waals surface area contributed by atoms with Crippen molar-refractivity contribution in [1.82, 2.24) is 4.90 Å². The first-order valence-electron chi connectivity index (χ1n) is 9.33. The number of ether oxygens (including phenoxy) is 1. The van der Waals surface area contributed by atoms with Gasteiger partial charge in [0.05, 0.1) is 18.6 Å². The predicted octanol–water partition coefficient (Wildman–Crippen LogP) is 3.63. The quantitative estimate of drug-likeness (QED) is 0.821. The Kier molecular flexibility index (Phi) is 6.24. The summed E-state index contributed by atoms with van der Waals surface area (Å²) >= 11 is 0. The van der Waals surface area contributed by atoms with E-state index in [-0.39, 0.29) is 11.8 Å². The maximum absolute atomic E-state index is 12.8. The second kappa shape index (κ2) is 8.82. The normalized spacial score (nSPS) is 17.3. The zero-order valence-corrected chi connectivity index (χ0v) is 15.9. The summed E-state index contributed by atoms with van der Waals surface area (Å²) < 4.78 is 4.81. The molecule has 0 aliphatic carbocycles. The molecule has 0 saturated carbocycles. The number of nitrogens with zero attached hydrogens (tertiary/aromatic N) is 1. The van der Waals surface area contributed by atoms with Crippen LogP contribution in [-0.2, 0) is 16.1 Å². The molecule has 1 heterocycles. The molecule has 2 aromatic rings.